The number of hydrogen-bond donors (Lipinski definition) is 2. The third-order valence-corrected chi connectivity index (χ3v) is 5.94. The number of nitrogens with one attached hydrogen (secondary N) is 2. The van der Waals surface area contributed by atoms with E-state index >= 15 is 0 Å². The molecule has 2 N–H and O–H groups in total. The van der Waals surface area contributed by atoms with E-state index in [1.54, 1.807) is 6.20 Å². The van der Waals surface area contributed by atoms with Gasteiger partial charge < -0.3 is 10.6 Å². The van der Waals surface area contributed by atoms with Crippen molar-refractivity contribution < 1.29 is 4.79 Å². The predicted octanol–water partition coefficient (Wildman–Crippen LogP) is 3.93. The highest BCUT2D eigenvalue weighted by atomic mass is 16.1. The second-order valence-corrected chi connectivity index (χ2v) is 8.30. The predicted molar refractivity (Wildman–Crippen MR) is 139 cm³/mol. The number of carbonyl (C=O) groups excluding carboxylic acids is 1. The lowest BCUT2D eigenvalue weighted by Crippen LogP contribution is -2.26. The maximum Gasteiger partial charge on any atom is 0.256 e. The number of benzene rings is 1. The van der Waals surface area contributed by atoms with Crippen LogP contribution in [0.25, 0.3) is 12.7 Å². The van der Waals surface area contributed by atoms with E-state index in [0.29, 0.717) is 11.4 Å². The Labute approximate surface area is 196 Å². The van der Waals surface area contributed by atoms with Gasteiger partial charge in [0.25, 0.3) is 5.91 Å². The average molecular weight is 443 g/mol. The highest BCUT2D eigenvalue weighted by Crippen LogP contribution is 2.17. The highest BCUT2D eigenvalue weighted by molar-refractivity contribution is 6.04. The first-order valence-electron chi connectivity index (χ1n) is 11.6. The van der Waals surface area contributed by atoms with Crippen LogP contribution in [0.1, 0.15) is 55.6 Å². The normalized spacial score (nSPS) is 16.1. The van der Waals surface area contributed by atoms with Crippen LogP contribution < -0.4 is 21.1 Å². The number of aromatic nitrogens is 1. The number of allylic oxidation sites excluding steroid dienone is 4. The SMILES string of the molecule is C=c1cnc(NC(=O)c2ccc3c(c2)CCNC3)c/c1=C/C(=C\C)C(/C=NC(C)CC)=C/C. The first-order valence-corrected chi connectivity index (χ1v) is 11.6. The molecule has 1 aromatic heterocycles. The molecule has 0 saturated heterocycles. The van der Waals surface area contributed by atoms with Gasteiger partial charge in [0.05, 0.1) is 0 Å². The molecule has 0 aliphatic carbocycles. The molecule has 0 spiro atoms. The van der Waals surface area contributed by atoms with Crippen LogP contribution in [0.15, 0.2) is 58.8 Å². The topological polar surface area (TPSA) is 66.4 Å². The zero-order chi connectivity index (χ0) is 23.8. The summed E-state index contributed by atoms with van der Waals surface area (Å²) in [5.41, 5.74) is 5.22. The number of pyridine rings is 1. The molecule has 1 amide bonds. The first kappa shape index (κ1) is 24.3. The summed E-state index contributed by atoms with van der Waals surface area (Å²) in [7, 11) is 0. The van der Waals surface area contributed by atoms with Gasteiger partial charge in [-0.05, 0) is 97.1 Å². The molecule has 0 fully saturated rings. The van der Waals surface area contributed by atoms with Gasteiger partial charge in [-0.15, -0.1) is 0 Å². The number of anilines is 1. The third-order valence-electron chi connectivity index (χ3n) is 5.94. The molecule has 1 aromatic carbocycles. The van der Waals surface area contributed by atoms with Gasteiger partial charge in [0.1, 0.15) is 5.82 Å². The Balaban J connectivity index is 1.85. The Morgan fingerprint density at radius 3 is 2.76 bits per heavy atom. The largest absolute Gasteiger partial charge is 0.312 e. The van der Waals surface area contributed by atoms with Crippen LogP contribution in [0.4, 0.5) is 5.82 Å². The summed E-state index contributed by atoms with van der Waals surface area (Å²) < 4.78 is 0. The molecule has 2 heterocycles. The smallest absolute Gasteiger partial charge is 0.256 e. The van der Waals surface area contributed by atoms with Gasteiger partial charge in [0.2, 0.25) is 0 Å². The van der Waals surface area contributed by atoms with Crippen LogP contribution >= 0.6 is 0 Å². The van der Waals surface area contributed by atoms with E-state index in [0.717, 1.165) is 47.5 Å². The summed E-state index contributed by atoms with van der Waals surface area (Å²) in [4.78, 5) is 21.9. The van der Waals surface area contributed by atoms with Gasteiger partial charge in [0, 0.05) is 30.6 Å². The lowest BCUT2D eigenvalue weighted by atomic mass is 9.98. The number of fused-ring (bicyclic) bond motifs is 1. The molecule has 0 radical (unpaired) electrons. The Kier molecular flexibility index (Phi) is 8.50. The van der Waals surface area contributed by atoms with Crippen molar-refractivity contribution in [1.29, 1.82) is 0 Å². The summed E-state index contributed by atoms with van der Waals surface area (Å²) in [6, 6.07) is 8.03. The van der Waals surface area contributed by atoms with Crippen molar-refractivity contribution in [2.24, 2.45) is 4.99 Å². The van der Waals surface area contributed by atoms with E-state index in [4.69, 9.17) is 0 Å². The number of aliphatic imine (C=N–C) groups is 1. The van der Waals surface area contributed by atoms with Crippen LogP contribution in [0.5, 0.6) is 0 Å². The minimum atomic E-state index is -0.160. The van der Waals surface area contributed by atoms with E-state index in [1.165, 1.54) is 11.1 Å². The van der Waals surface area contributed by atoms with Crippen LogP contribution in [0.3, 0.4) is 0 Å². The summed E-state index contributed by atoms with van der Waals surface area (Å²) in [6.07, 6.45) is 11.7. The summed E-state index contributed by atoms with van der Waals surface area (Å²) in [6.45, 7) is 14.2. The van der Waals surface area contributed by atoms with Crippen LogP contribution in [-0.2, 0) is 13.0 Å². The lowest BCUT2D eigenvalue weighted by molar-refractivity contribution is 0.102. The summed E-state index contributed by atoms with van der Waals surface area (Å²) in [5.74, 6) is 0.344. The molecule has 0 bridgehead atoms. The van der Waals surface area contributed by atoms with Gasteiger partial charge >= 0.3 is 0 Å². The van der Waals surface area contributed by atoms with Gasteiger partial charge in [-0.3, -0.25) is 9.79 Å². The quantitative estimate of drug-likeness (QED) is 0.504. The molecule has 0 saturated carbocycles. The molecule has 172 valence electrons. The van der Waals surface area contributed by atoms with Crippen molar-refractivity contribution in [3.63, 3.8) is 0 Å². The second-order valence-electron chi connectivity index (χ2n) is 8.30. The van der Waals surface area contributed by atoms with E-state index in [9.17, 15) is 4.79 Å². The van der Waals surface area contributed by atoms with Crippen LogP contribution in [0.2, 0.25) is 0 Å². The molecule has 1 aliphatic rings. The molecular formula is C28H34N4O. The number of amides is 1. The van der Waals surface area contributed by atoms with Gasteiger partial charge in [0.15, 0.2) is 0 Å². The molecule has 2 aromatic rings. The van der Waals surface area contributed by atoms with Crippen LogP contribution in [-0.4, -0.2) is 29.7 Å². The molecule has 1 aliphatic heterocycles. The number of rotatable bonds is 7. The van der Waals surface area contributed by atoms with Crippen molar-refractivity contribution in [2.75, 3.05) is 11.9 Å². The van der Waals surface area contributed by atoms with E-state index < -0.39 is 0 Å². The maximum absolute atomic E-state index is 12.9. The Bertz CT molecular complexity index is 1210. The van der Waals surface area contributed by atoms with E-state index in [-0.39, 0.29) is 11.9 Å². The second kappa shape index (κ2) is 11.5. The van der Waals surface area contributed by atoms with Crippen molar-refractivity contribution in [3.8, 4) is 0 Å². The molecule has 3 rings (SSSR count). The van der Waals surface area contributed by atoms with E-state index in [1.807, 2.05) is 44.3 Å². The maximum atomic E-state index is 12.9. The standard InChI is InChI=1S/C28H34N4O/c1-6-20(5)30-18-22(8-3)21(7-2)13-26-15-27(31-16-19(26)4)32-28(33)24-9-10-25-17-29-12-11-23(25)14-24/h7-10,13-16,18,20,29H,4,6,11-12,17H2,1-3,5H3,(H,32,33)/b21-7+,22-8+,26-13-,30-18?. The monoisotopic (exact) mass is 442 g/mol. The fourth-order valence-corrected chi connectivity index (χ4v) is 3.64. The minimum absolute atomic E-state index is 0.160. The third kappa shape index (κ3) is 6.36. The molecule has 5 nitrogen and oxygen atoms in total. The molecule has 5 heteroatoms. The van der Waals surface area contributed by atoms with Crippen molar-refractivity contribution in [1.82, 2.24) is 10.3 Å². The Hall–Kier alpha value is -3.31. The molecular weight excluding hydrogens is 408 g/mol. The van der Waals surface area contributed by atoms with Gasteiger partial charge in [-0.25, -0.2) is 4.98 Å². The van der Waals surface area contributed by atoms with Crippen LogP contribution in [0, 0.1) is 0 Å². The zero-order valence-electron chi connectivity index (χ0n) is 20.1. The highest BCUT2D eigenvalue weighted by Gasteiger charge is 2.13. The average Bonchev–Trinajstić information content (AvgIpc) is 2.84. The zero-order valence-corrected chi connectivity index (χ0v) is 20.1. The lowest BCUT2D eigenvalue weighted by Gasteiger charge is -2.17. The van der Waals surface area contributed by atoms with Gasteiger partial charge in [-0.1, -0.05) is 31.7 Å². The minimum Gasteiger partial charge on any atom is -0.312 e. The fourth-order valence-electron chi connectivity index (χ4n) is 3.64. The van der Waals surface area contributed by atoms with Crippen molar-refractivity contribution in [2.45, 2.75) is 53.1 Å². The number of hydrogen-bond acceptors (Lipinski definition) is 4. The summed E-state index contributed by atoms with van der Waals surface area (Å²) >= 11 is 0. The molecule has 1 unspecified atom stereocenters. The van der Waals surface area contributed by atoms with Crippen molar-refractivity contribution in [3.05, 3.63) is 80.9 Å². The molecule has 1 atom stereocenters. The van der Waals surface area contributed by atoms with Crippen molar-refractivity contribution >= 4 is 30.6 Å². The Morgan fingerprint density at radius 1 is 1.24 bits per heavy atom. The molecule has 33 heavy (non-hydrogen) atoms. The first-order chi connectivity index (χ1) is 15.9. The van der Waals surface area contributed by atoms with Gasteiger partial charge in [-0.2, -0.15) is 0 Å². The number of nitrogens with zero attached hydrogens (tertiary/aromatic N) is 2. The van der Waals surface area contributed by atoms with E-state index in [2.05, 4.69) is 59.3 Å². The number of carbonyl (C=O) groups is 1. The Morgan fingerprint density at radius 2 is 2.03 bits per heavy atom. The summed E-state index contributed by atoms with van der Waals surface area (Å²) in [5, 5.41) is 7.99. The fraction of sp³-hybridized carbons (Fsp3) is 0.321.